The number of carbonyl (C=O) groups is 2. The topological polar surface area (TPSA) is 95.6 Å². The molecule has 1 fully saturated rings. The maximum absolute atomic E-state index is 13.3. The van der Waals surface area contributed by atoms with Crippen molar-refractivity contribution in [1.29, 1.82) is 0 Å². The summed E-state index contributed by atoms with van der Waals surface area (Å²) in [6.45, 7) is 0.295. The number of fused-ring (bicyclic) bond motifs is 2. The molecule has 31 heavy (non-hydrogen) atoms. The molecule has 2 unspecified atom stereocenters. The van der Waals surface area contributed by atoms with Gasteiger partial charge >= 0.3 is 0 Å². The van der Waals surface area contributed by atoms with Crippen molar-refractivity contribution >= 4 is 38.9 Å². The van der Waals surface area contributed by atoms with E-state index in [9.17, 15) is 18.0 Å². The molecule has 9 heteroatoms. The molecule has 3 aromatic rings. The van der Waals surface area contributed by atoms with E-state index in [0.29, 0.717) is 24.2 Å². The molecule has 2 aromatic carbocycles. The predicted octanol–water partition coefficient (Wildman–Crippen LogP) is 2.93. The van der Waals surface area contributed by atoms with Crippen LogP contribution in [-0.4, -0.2) is 43.8 Å². The van der Waals surface area contributed by atoms with Crippen molar-refractivity contribution in [2.45, 2.75) is 22.7 Å². The van der Waals surface area contributed by atoms with Crippen LogP contribution in [0.15, 0.2) is 70.3 Å². The molecule has 0 radical (unpaired) electrons. The van der Waals surface area contributed by atoms with E-state index in [4.69, 9.17) is 0 Å². The average Bonchev–Trinajstić information content (AvgIpc) is 3.43. The average molecular weight is 454 g/mol. The zero-order chi connectivity index (χ0) is 21.6. The summed E-state index contributed by atoms with van der Waals surface area (Å²) in [5.74, 6) is -0.676. The first-order valence-corrected chi connectivity index (χ1v) is 12.2. The number of nitrogens with zero attached hydrogens (tertiary/aromatic N) is 1. The fraction of sp³-hybridized carbons (Fsp3) is 0.182. The smallest absolute Gasteiger partial charge is 0.256 e. The molecule has 3 heterocycles. The van der Waals surface area contributed by atoms with Gasteiger partial charge in [-0.2, -0.15) is 0 Å². The number of anilines is 1. The molecule has 5 rings (SSSR count). The van der Waals surface area contributed by atoms with Gasteiger partial charge in [0, 0.05) is 6.54 Å². The third-order valence-electron chi connectivity index (χ3n) is 5.61. The molecule has 0 aliphatic carbocycles. The van der Waals surface area contributed by atoms with Crippen LogP contribution in [0, 0.1) is 0 Å². The summed E-state index contributed by atoms with van der Waals surface area (Å²) in [7, 11) is -3.76. The second-order valence-electron chi connectivity index (χ2n) is 7.51. The number of hydrogen-bond acceptors (Lipinski definition) is 5. The highest BCUT2D eigenvalue weighted by atomic mass is 32.2. The molecule has 2 atom stereocenters. The first-order chi connectivity index (χ1) is 14.9. The highest BCUT2D eigenvalue weighted by Crippen LogP contribution is 2.33. The molecule has 2 amide bonds. The Kier molecular flexibility index (Phi) is 4.88. The third-order valence-corrected chi connectivity index (χ3v) is 8.50. The lowest BCUT2D eigenvalue weighted by atomic mass is 10.0. The molecule has 2 aliphatic rings. The number of carbonyl (C=O) groups excluding carboxylic acids is 2. The van der Waals surface area contributed by atoms with E-state index in [1.165, 1.54) is 11.0 Å². The molecule has 2 N–H and O–H groups in total. The van der Waals surface area contributed by atoms with Crippen LogP contribution in [0.5, 0.6) is 0 Å². The summed E-state index contributed by atoms with van der Waals surface area (Å²) >= 11 is 1.11. The highest BCUT2D eigenvalue weighted by molar-refractivity contribution is 7.91. The first kappa shape index (κ1) is 19.9. The number of nitrogens with one attached hydrogen (secondary N) is 2. The van der Waals surface area contributed by atoms with Crippen LogP contribution in [0.25, 0.3) is 11.1 Å². The molecule has 1 aromatic heterocycles. The van der Waals surface area contributed by atoms with Crippen LogP contribution >= 0.6 is 11.3 Å². The first-order valence-electron chi connectivity index (χ1n) is 9.81. The van der Waals surface area contributed by atoms with Crippen molar-refractivity contribution in [3.63, 3.8) is 0 Å². The SMILES string of the molecule is O=C1Nc2ccc(-c3ccccc3)cc2C(=O)N2CCC(NS(=O)(=O)c3cccs3)C12. The van der Waals surface area contributed by atoms with Gasteiger partial charge in [0.1, 0.15) is 10.3 Å². The second-order valence-corrected chi connectivity index (χ2v) is 10.4. The maximum atomic E-state index is 13.3. The summed E-state index contributed by atoms with van der Waals surface area (Å²) in [4.78, 5) is 27.8. The van der Waals surface area contributed by atoms with E-state index >= 15 is 0 Å². The lowest BCUT2D eigenvalue weighted by Gasteiger charge is -2.24. The number of sulfonamides is 1. The molecule has 158 valence electrons. The lowest BCUT2D eigenvalue weighted by molar-refractivity contribution is -0.120. The van der Waals surface area contributed by atoms with Crippen LogP contribution in [0.3, 0.4) is 0 Å². The van der Waals surface area contributed by atoms with E-state index < -0.39 is 28.0 Å². The number of benzene rings is 2. The van der Waals surface area contributed by atoms with Gasteiger partial charge in [0.2, 0.25) is 15.9 Å². The minimum absolute atomic E-state index is 0.182. The number of hydrogen-bond donors (Lipinski definition) is 2. The van der Waals surface area contributed by atoms with Crippen molar-refractivity contribution in [2.75, 3.05) is 11.9 Å². The van der Waals surface area contributed by atoms with Gasteiger partial charge in [0.05, 0.1) is 17.3 Å². The minimum atomic E-state index is -3.76. The maximum Gasteiger partial charge on any atom is 0.256 e. The zero-order valence-electron chi connectivity index (χ0n) is 16.3. The quantitative estimate of drug-likeness (QED) is 0.635. The standard InChI is InChI=1S/C22H19N3O4S2/c26-21-20-18(24-31(28,29)19-7-4-12-30-19)10-11-25(20)22(27)16-13-15(8-9-17(16)23-21)14-5-2-1-3-6-14/h1-9,12-13,18,20,24H,10-11H2,(H,23,26). The van der Waals surface area contributed by atoms with E-state index in [0.717, 1.165) is 22.5 Å². The lowest BCUT2D eigenvalue weighted by Crippen LogP contribution is -2.51. The van der Waals surface area contributed by atoms with E-state index in [-0.39, 0.29) is 10.1 Å². The third kappa shape index (κ3) is 3.54. The van der Waals surface area contributed by atoms with Crippen molar-refractivity contribution in [2.24, 2.45) is 0 Å². The van der Waals surface area contributed by atoms with Gasteiger partial charge in [-0.25, -0.2) is 13.1 Å². The molecule has 2 aliphatic heterocycles. The van der Waals surface area contributed by atoms with Crippen molar-refractivity contribution < 1.29 is 18.0 Å². The normalized spacial score (nSPS) is 20.7. The molecule has 0 bridgehead atoms. The second kappa shape index (κ2) is 7.60. The summed E-state index contributed by atoms with van der Waals surface area (Å²) in [6.07, 6.45) is 0.363. The van der Waals surface area contributed by atoms with Gasteiger partial charge < -0.3 is 10.2 Å². The van der Waals surface area contributed by atoms with Crippen LogP contribution in [0.1, 0.15) is 16.8 Å². The Bertz CT molecular complexity index is 1260. The van der Waals surface area contributed by atoms with E-state index in [1.807, 2.05) is 36.4 Å². The molecule has 0 saturated carbocycles. The summed E-state index contributed by atoms with van der Waals surface area (Å²) in [5, 5.41) is 4.50. The Balaban J connectivity index is 1.47. The van der Waals surface area contributed by atoms with Crippen LogP contribution in [-0.2, 0) is 14.8 Å². The van der Waals surface area contributed by atoms with Gasteiger partial charge in [0.25, 0.3) is 5.91 Å². The fourth-order valence-electron chi connectivity index (χ4n) is 4.14. The zero-order valence-corrected chi connectivity index (χ0v) is 17.9. The van der Waals surface area contributed by atoms with Gasteiger partial charge in [-0.05, 0) is 41.1 Å². The van der Waals surface area contributed by atoms with Crippen molar-refractivity contribution in [3.8, 4) is 11.1 Å². The minimum Gasteiger partial charge on any atom is -0.325 e. The van der Waals surface area contributed by atoms with Gasteiger partial charge in [-0.1, -0.05) is 42.5 Å². The van der Waals surface area contributed by atoms with Gasteiger partial charge in [-0.3, -0.25) is 9.59 Å². The predicted molar refractivity (Wildman–Crippen MR) is 118 cm³/mol. The van der Waals surface area contributed by atoms with Crippen molar-refractivity contribution in [3.05, 3.63) is 71.6 Å². The Morgan fingerprint density at radius 3 is 2.55 bits per heavy atom. The molecule has 0 spiro atoms. The Morgan fingerprint density at radius 2 is 1.81 bits per heavy atom. The highest BCUT2D eigenvalue weighted by Gasteiger charge is 2.46. The molecular formula is C22H19N3O4S2. The molecular weight excluding hydrogens is 434 g/mol. The monoisotopic (exact) mass is 453 g/mol. The summed E-state index contributed by atoms with van der Waals surface area (Å²) in [6, 6.07) is 16.6. The Hall–Kier alpha value is -3.01. The van der Waals surface area contributed by atoms with E-state index in [2.05, 4.69) is 10.0 Å². The fourth-order valence-corrected chi connectivity index (χ4v) is 6.43. The van der Waals surface area contributed by atoms with Crippen LogP contribution in [0.4, 0.5) is 5.69 Å². The van der Waals surface area contributed by atoms with Crippen molar-refractivity contribution in [1.82, 2.24) is 9.62 Å². The van der Waals surface area contributed by atoms with Gasteiger partial charge in [-0.15, -0.1) is 11.3 Å². The number of thiophene rings is 1. The van der Waals surface area contributed by atoms with Crippen LogP contribution < -0.4 is 10.0 Å². The largest absolute Gasteiger partial charge is 0.325 e. The van der Waals surface area contributed by atoms with Crippen LogP contribution in [0.2, 0.25) is 0 Å². The number of amides is 2. The molecule has 7 nitrogen and oxygen atoms in total. The summed E-state index contributed by atoms with van der Waals surface area (Å²) < 4.78 is 28.2. The molecule has 1 saturated heterocycles. The van der Waals surface area contributed by atoms with Gasteiger partial charge in [0.15, 0.2) is 0 Å². The number of rotatable bonds is 4. The Labute approximate surface area is 183 Å². The summed E-state index contributed by atoms with van der Waals surface area (Å²) in [5.41, 5.74) is 2.67. The Morgan fingerprint density at radius 1 is 1.00 bits per heavy atom. The van der Waals surface area contributed by atoms with E-state index in [1.54, 1.807) is 23.6 Å².